The third-order valence-corrected chi connectivity index (χ3v) is 2.19. The van der Waals surface area contributed by atoms with Crippen LogP contribution in [0.1, 0.15) is 54.4 Å². The van der Waals surface area contributed by atoms with E-state index in [0.29, 0.717) is 25.7 Å². The average molecular weight is 217 g/mol. The van der Waals surface area contributed by atoms with Gasteiger partial charge in [-0.1, -0.05) is 28.7 Å². The highest BCUT2D eigenvalue weighted by Gasteiger charge is 2.14. The van der Waals surface area contributed by atoms with E-state index in [2.05, 4.69) is 5.32 Å². The lowest BCUT2D eigenvalue weighted by atomic mass is 10.0. The maximum Gasteiger partial charge on any atom is 0.149 e. The second kappa shape index (κ2) is 11.4. The Morgan fingerprint density at radius 1 is 1.13 bits per heavy atom. The molecule has 0 bridgehead atoms. The van der Waals surface area contributed by atoms with Gasteiger partial charge in [0, 0.05) is 19.3 Å². The van der Waals surface area contributed by atoms with E-state index in [1.165, 1.54) is 0 Å². The lowest BCUT2D eigenvalue weighted by Crippen LogP contribution is -2.34. The molecule has 0 heterocycles. The van der Waals surface area contributed by atoms with Gasteiger partial charge in [0.15, 0.2) is 0 Å². The van der Waals surface area contributed by atoms with Crippen LogP contribution in [0.2, 0.25) is 0 Å². The van der Waals surface area contributed by atoms with Crippen LogP contribution in [-0.4, -0.2) is 24.7 Å². The normalized spacial score (nSPS) is 10.9. The first-order chi connectivity index (χ1) is 6.15. The van der Waals surface area contributed by atoms with E-state index in [1.54, 1.807) is 7.05 Å². The molecule has 0 saturated carbocycles. The molecule has 0 aliphatic heterocycles. The van der Waals surface area contributed by atoms with Gasteiger partial charge in [-0.15, -0.1) is 0 Å². The number of ketones is 2. The van der Waals surface area contributed by atoms with Crippen LogP contribution in [0, 0.1) is 0 Å². The van der Waals surface area contributed by atoms with E-state index in [4.69, 9.17) is 0 Å². The van der Waals surface area contributed by atoms with Crippen molar-refractivity contribution in [3.63, 3.8) is 0 Å². The van der Waals surface area contributed by atoms with Crippen molar-refractivity contribution in [1.82, 2.24) is 5.32 Å². The van der Waals surface area contributed by atoms with Crippen LogP contribution < -0.4 is 5.32 Å². The molecule has 0 radical (unpaired) electrons. The third-order valence-electron chi connectivity index (χ3n) is 2.19. The van der Waals surface area contributed by atoms with Crippen LogP contribution in [0.4, 0.5) is 0 Å². The van der Waals surface area contributed by atoms with Gasteiger partial charge >= 0.3 is 0 Å². The lowest BCUT2D eigenvalue weighted by Gasteiger charge is -2.12. The summed E-state index contributed by atoms with van der Waals surface area (Å²) in [6.45, 7) is 3.69. The summed E-state index contributed by atoms with van der Waals surface area (Å²) in [6, 6.07) is -0.138. The van der Waals surface area contributed by atoms with Gasteiger partial charge in [0.2, 0.25) is 0 Å². The first-order valence-corrected chi connectivity index (χ1v) is 4.87. The molecule has 0 saturated heterocycles. The largest absolute Gasteiger partial charge is 0.311 e. The predicted octanol–water partition coefficient (Wildman–Crippen LogP) is 2.59. The van der Waals surface area contributed by atoms with Gasteiger partial charge < -0.3 is 5.32 Å². The number of likely N-dealkylation sites (N-methyl/N-ethyl adjacent to an activating group) is 1. The maximum atomic E-state index is 11.3. The van der Waals surface area contributed by atoms with E-state index in [-0.39, 0.29) is 32.5 Å². The highest BCUT2D eigenvalue weighted by Crippen LogP contribution is 2.02. The molecule has 0 fully saturated rings. The van der Waals surface area contributed by atoms with Gasteiger partial charge in [-0.05, 0) is 13.5 Å². The Hall–Kier alpha value is -0.700. The fraction of sp³-hybridized carbons (Fsp3) is 0.833. The van der Waals surface area contributed by atoms with Crippen molar-refractivity contribution < 1.29 is 9.59 Å². The van der Waals surface area contributed by atoms with Gasteiger partial charge in [0.05, 0.1) is 6.04 Å². The summed E-state index contributed by atoms with van der Waals surface area (Å²) >= 11 is 0. The van der Waals surface area contributed by atoms with Crippen LogP contribution in [-0.2, 0) is 9.59 Å². The number of Topliss-reactive ketones (excluding diaryl/α,β-unsaturated/α-hetero) is 2. The number of hydrogen-bond donors (Lipinski definition) is 1. The Morgan fingerprint density at radius 3 is 2.00 bits per heavy atom. The Bertz CT molecular complexity index is 178. The first-order valence-electron chi connectivity index (χ1n) is 4.87. The quantitative estimate of drug-likeness (QED) is 0.713. The molecule has 15 heavy (non-hydrogen) atoms. The summed E-state index contributed by atoms with van der Waals surface area (Å²) in [5.41, 5.74) is 0. The molecular weight excluding hydrogens is 190 g/mol. The predicted molar refractivity (Wildman–Crippen MR) is 66.1 cm³/mol. The summed E-state index contributed by atoms with van der Waals surface area (Å²) in [5.74, 6) is 0.413. The van der Waals surface area contributed by atoms with Crippen molar-refractivity contribution in [3.05, 3.63) is 0 Å². The monoisotopic (exact) mass is 217 g/mol. The molecule has 92 valence electrons. The topological polar surface area (TPSA) is 46.2 Å². The number of nitrogens with one attached hydrogen (secondary N) is 1. The van der Waals surface area contributed by atoms with E-state index in [0.717, 1.165) is 0 Å². The van der Waals surface area contributed by atoms with Crippen molar-refractivity contribution in [2.75, 3.05) is 7.05 Å². The molecule has 0 amide bonds. The minimum absolute atomic E-state index is 0. The zero-order chi connectivity index (χ0) is 10.3. The van der Waals surface area contributed by atoms with E-state index in [1.807, 2.05) is 13.8 Å². The highest BCUT2D eigenvalue weighted by atomic mass is 16.1. The van der Waals surface area contributed by atoms with Crippen molar-refractivity contribution in [1.29, 1.82) is 0 Å². The molecule has 1 unspecified atom stereocenters. The van der Waals surface area contributed by atoms with Crippen LogP contribution >= 0.6 is 0 Å². The molecule has 0 rings (SSSR count). The number of hydrogen-bond acceptors (Lipinski definition) is 3. The van der Waals surface area contributed by atoms with E-state index < -0.39 is 0 Å². The van der Waals surface area contributed by atoms with Gasteiger partial charge in [-0.3, -0.25) is 9.59 Å². The van der Waals surface area contributed by atoms with Crippen LogP contribution in [0.15, 0.2) is 0 Å². The Morgan fingerprint density at radius 2 is 1.67 bits per heavy atom. The molecule has 0 aliphatic rings. The Labute approximate surface area is 94.6 Å². The lowest BCUT2D eigenvalue weighted by molar-refractivity contribution is -0.121. The van der Waals surface area contributed by atoms with Gasteiger partial charge in [0.25, 0.3) is 0 Å². The standard InChI is InChI=1S/C10H19NO2.2CH4/c1-4-8(12)6-7-9(11-3)10(13)5-2;;/h9,11H,4-7H2,1-3H3;2*1H4. The van der Waals surface area contributed by atoms with E-state index >= 15 is 0 Å². The fourth-order valence-corrected chi connectivity index (χ4v) is 1.19. The van der Waals surface area contributed by atoms with Gasteiger partial charge in [-0.25, -0.2) is 0 Å². The minimum Gasteiger partial charge on any atom is -0.311 e. The smallest absolute Gasteiger partial charge is 0.149 e. The van der Waals surface area contributed by atoms with Gasteiger partial charge in [0.1, 0.15) is 11.6 Å². The maximum absolute atomic E-state index is 11.3. The zero-order valence-electron chi connectivity index (χ0n) is 8.72. The molecule has 1 atom stereocenters. The molecule has 0 aromatic rings. The number of carbonyl (C=O) groups is 2. The molecule has 1 N–H and O–H groups in total. The Balaban J connectivity index is -0.000000720. The first kappa shape index (κ1) is 19.8. The SMILES string of the molecule is C.C.CCC(=O)CCC(NC)C(=O)CC. The number of carbonyl (C=O) groups excluding carboxylic acids is 2. The summed E-state index contributed by atoms with van der Waals surface area (Å²) in [7, 11) is 1.76. The van der Waals surface area contributed by atoms with Crippen LogP contribution in [0.3, 0.4) is 0 Å². The second-order valence-corrected chi connectivity index (χ2v) is 3.09. The highest BCUT2D eigenvalue weighted by molar-refractivity contribution is 5.85. The second-order valence-electron chi connectivity index (χ2n) is 3.09. The minimum atomic E-state index is -0.138. The van der Waals surface area contributed by atoms with Crippen molar-refractivity contribution in [3.8, 4) is 0 Å². The molecule has 3 heteroatoms. The third kappa shape index (κ3) is 8.30. The van der Waals surface area contributed by atoms with Crippen molar-refractivity contribution in [2.45, 2.75) is 60.4 Å². The number of rotatable bonds is 7. The molecular formula is C12H27NO2. The molecule has 3 nitrogen and oxygen atoms in total. The van der Waals surface area contributed by atoms with Crippen molar-refractivity contribution in [2.24, 2.45) is 0 Å². The molecule has 0 aromatic heterocycles. The van der Waals surface area contributed by atoms with E-state index in [9.17, 15) is 9.59 Å². The fourth-order valence-electron chi connectivity index (χ4n) is 1.19. The van der Waals surface area contributed by atoms with Gasteiger partial charge in [-0.2, -0.15) is 0 Å². The van der Waals surface area contributed by atoms with Crippen molar-refractivity contribution >= 4 is 11.6 Å². The molecule has 0 spiro atoms. The van der Waals surface area contributed by atoms with Crippen LogP contribution in [0.5, 0.6) is 0 Å². The van der Waals surface area contributed by atoms with Crippen LogP contribution in [0.25, 0.3) is 0 Å². The average Bonchev–Trinajstić information content (AvgIpc) is 2.17. The summed E-state index contributed by atoms with van der Waals surface area (Å²) < 4.78 is 0. The zero-order valence-corrected chi connectivity index (χ0v) is 8.72. The summed E-state index contributed by atoms with van der Waals surface area (Å²) in [6.07, 6.45) is 2.24. The Kier molecular flexibility index (Phi) is 15.0. The summed E-state index contributed by atoms with van der Waals surface area (Å²) in [5, 5.41) is 2.93. The molecule has 0 aliphatic carbocycles. The summed E-state index contributed by atoms with van der Waals surface area (Å²) in [4.78, 5) is 22.3. The molecule has 0 aromatic carbocycles.